The van der Waals surface area contributed by atoms with Crippen LogP contribution in [0.4, 0.5) is 0 Å². The number of hydrogen-bond acceptors (Lipinski definition) is 5. The Bertz CT molecular complexity index is 707. The van der Waals surface area contributed by atoms with Gasteiger partial charge < -0.3 is 20.1 Å². The van der Waals surface area contributed by atoms with Gasteiger partial charge in [0.2, 0.25) is 11.8 Å². The van der Waals surface area contributed by atoms with Crippen molar-refractivity contribution >= 4 is 17.8 Å². The summed E-state index contributed by atoms with van der Waals surface area (Å²) in [5, 5.41) is 13.3. The van der Waals surface area contributed by atoms with E-state index in [0.717, 1.165) is 25.7 Å². The van der Waals surface area contributed by atoms with Gasteiger partial charge in [-0.3, -0.25) is 14.4 Å². The van der Waals surface area contributed by atoms with E-state index in [1.165, 1.54) is 0 Å². The summed E-state index contributed by atoms with van der Waals surface area (Å²) in [6.45, 7) is 12.0. The first-order valence-corrected chi connectivity index (χ1v) is 12.8. The molecule has 0 aromatic heterocycles. The molecule has 33 heavy (non-hydrogen) atoms. The number of rotatable bonds is 12. The Morgan fingerprint density at radius 1 is 1.15 bits per heavy atom. The summed E-state index contributed by atoms with van der Waals surface area (Å²) >= 11 is 0. The van der Waals surface area contributed by atoms with Crippen LogP contribution in [0.2, 0.25) is 0 Å². The lowest BCUT2D eigenvalue weighted by Gasteiger charge is -2.35. The van der Waals surface area contributed by atoms with Gasteiger partial charge in [0.05, 0.1) is 31.1 Å². The lowest BCUT2D eigenvalue weighted by atomic mass is 9.68. The van der Waals surface area contributed by atoms with Crippen molar-refractivity contribution in [2.75, 3.05) is 13.2 Å². The summed E-state index contributed by atoms with van der Waals surface area (Å²) in [6, 6.07) is -1.23. The number of carbonyl (C=O) groups is 3. The number of nitrogens with one attached hydrogen (secondary N) is 1. The van der Waals surface area contributed by atoms with E-state index in [-0.39, 0.29) is 48.9 Å². The molecule has 7 nitrogen and oxygen atoms in total. The molecule has 2 amide bonds. The van der Waals surface area contributed by atoms with E-state index in [2.05, 4.69) is 19.2 Å². The highest BCUT2D eigenvalue weighted by Crippen LogP contribution is 2.46. The molecule has 1 aliphatic heterocycles. The third-order valence-electron chi connectivity index (χ3n) is 6.95. The Morgan fingerprint density at radius 3 is 2.39 bits per heavy atom. The van der Waals surface area contributed by atoms with E-state index >= 15 is 0 Å². The van der Waals surface area contributed by atoms with Gasteiger partial charge in [0, 0.05) is 12.0 Å². The smallest absolute Gasteiger partial charge is 0.310 e. The van der Waals surface area contributed by atoms with Crippen LogP contribution in [0.5, 0.6) is 0 Å². The van der Waals surface area contributed by atoms with Gasteiger partial charge in [-0.2, -0.15) is 0 Å². The number of aliphatic hydroxyl groups excluding tert-OH is 1. The largest absolute Gasteiger partial charge is 0.466 e. The number of esters is 1. The maximum atomic E-state index is 13.9. The Labute approximate surface area is 199 Å². The van der Waals surface area contributed by atoms with Crippen LogP contribution in [0.3, 0.4) is 0 Å². The standard InChI is InChI=1S/C26H44N2O5/c1-7-10-17(6)27-24(30)23-20-13-12-18(11-8-2)21(26(32)33-9-3)22(20)25(31)28(23)19(15-29)14-16(4)5/h12-13,16-23,29H,7-11,14-15H2,1-6H3,(H,27,30)/t17?,18-,19-,20+,21-,22-,23+/m1/s1. The Kier molecular flexibility index (Phi) is 10.4. The van der Waals surface area contributed by atoms with Crippen LogP contribution in [0.1, 0.15) is 73.6 Å². The van der Waals surface area contributed by atoms with Crippen molar-refractivity contribution < 1.29 is 24.2 Å². The van der Waals surface area contributed by atoms with E-state index < -0.39 is 29.8 Å². The first-order valence-electron chi connectivity index (χ1n) is 12.8. The lowest BCUT2D eigenvalue weighted by Crippen LogP contribution is -2.54. The number of nitrogens with zero attached hydrogens (tertiary/aromatic N) is 1. The highest BCUT2D eigenvalue weighted by molar-refractivity contribution is 5.96. The molecule has 2 rings (SSSR count). The molecular formula is C26H44N2O5. The topological polar surface area (TPSA) is 95.9 Å². The molecule has 1 fully saturated rings. The second kappa shape index (κ2) is 12.5. The predicted molar refractivity (Wildman–Crippen MR) is 128 cm³/mol. The van der Waals surface area contributed by atoms with Gasteiger partial charge in [0.25, 0.3) is 0 Å². The van der Waals surface area contributed by atoms with Crippen LogP contribution in [0.15, 0.2) is 12.2 Å². The molecule has 1 heterocycles. The zero-order valence-corrected chi connectivity index (χ0v) is 21.3. The molecule has 0 saturated carbocycles. The second-order valence-corrected chi connectivity index (χ2v) is 10.1. The average molecular weight is 465 g/mol. The fourth-order valence-corrected chi connectivity index (χ4v) is 5.66. The summed E-state index contributed by atoms with van der Waals surface area (Å²) in [6.07, 6.45) is 8.00. The highest BCUT2D eigenvalue weighted by atomic mass is 16.5. The molecule has 0 radical (unpaired) electrons. The molecule has 2 aliphatic rings. The van der Waals surface area contributed by atoms with Crippen LogP contribution in [0.25, 0.3) is 0 Å². The van der Waals surface area contributed by atoms with Crippen LogP contribution in [-0.2, 0) is 19.1 Å². The van der Waals surface area contributed by atoms with Gasteiger partial charge in [-0.15, -0.1) is 0 Å². The van der Waals surface area contributed by atoms with Gasteiger partial charge in [0.15, 0.2) is 0 Å². The Balaban J connectivity index is 2.52. The summed E-state index contributed by atoms with van der Waals surface area (Å²) in [4.78, 5) is 42.1. The fourth-order valence-electron chi connectivity index (χ4n) is 5.66. The molecule has 0 aromatic rings. The van der Waals surface area contributed by atoms with Crippen molar-refractivity contribution in [3.63, 3.8) is 0 Å². The van der Waals surface area contributed by atoms with E-state index in [0.29, 0.717) is 6.42 Å². The maximum absolute atomic E-state index is 13.9. The number of allylic oxidation sites excluding steroid dienone is 1. The monoisotopic (exact) mass is 464 g/mol. The number of hydrogen-bond donors (Lipinski definition) is 2. The third kappa shape index (κ3) is 6.17. The second-order valence-electron chi connectivity index (χ2n) is 10.1. The summed E-state index contributed by atoms with van der Waals surface area (Å²) < 4.78 is 5.40. The zero-order chi connectivity index (χ0) is 24.7. The minimum Gasteiger partial charge on any atom is -0.466 e. The molecule has 1 saturated heterocycles. The molecule has 2 N–H and O–H groups in total. The summed E-state index contributed by atoms with van der Waals surface area (Å²) in [5.74, 6) is -2.33. The van der Waals surface area contributed by atoms with Gasteiger partial charge in [-0.05, 0) is 44.9 Å². The first-order chi connectivity index (χ1) is 15.7. The zero-order valence-electron chi connectivity index (χ0n) is 21.3. The normalized spacial score (nSPS) is 28.5. The van der Waals surface area contributed by atoms with Gasteiger partial charge in [0.1, 0.15) is 6.04 Å². The van der Waals surface area contributed by atoms with Gasteiger partial charge in [-0.25, -0.2) is 0 Å². The highest BCUT2D eigenvalue weighted by Gasteiger charge is 2.58. The Hall–Kier alpha value is -1.89. The van der Waals surface area contributed by atoms with E-state index in [1.54, 1.807) is 11.8 Å². The molecule has 1 aliphatic carbocycles. The Morgan fingerprint density at radius 2 is 1.85 bits per heavy atom. The minimum atomic E-state index is -0.742. The lowest BCUT2D eigenvalue weighted by molar-refractivity contribution is -0.156. The van der Waals surface area contributed by atoms with E-state index in [9.17, 15) is 19.5 Å². The maximum Gasteiger partial charge on any atom is 0.310 e. The molecule has 188 valence electrons. The van der Waals surface area contributed by atoms with E-state index in [4.69, 9.17) is 4.74 Å². The number of fused-ring (bicyclic) bond motifs is 1. The predicted octanol–water partition coefficient (Wildman–Crippen LogP) is 3.31. The van der Waals surface area contributed by atoms with Crippen molar-refractivity contribution in [3.05, 3.63) is 12.2 Å². The van der Waals surface area contributed by atoms with Crippen LogP contribution in [-0.4, -0.2) is 59.1 Å². The summed E-state index contributed by atoms with van der Waals surface area (Å²) in [7, 11) is 0. The molecule has 0 bridgehead atoms. The average Bonchev–Trinajstić information content (AvgIpc) is 3.04. The van der Waals surface area contributed by atoms with Crippen LogP contribution >= 0.6 is 0 Å². The van der Waals surface area contributed by atoms with Crippen molar-refractivity contribution in [3.8, 4) is 0 Å². The van der Waals surface area contributed by atoms with Crippen molar-refractivity contribution in [1.82, 2.24) is 10.2 Å². The number of likely N-dealkylation sites (tertiary alicyclic amines) is 1. The number of amides is 2. The van der Waals surface area contributed by atoms with Gasteiger partial charge in [-0.1, -0.05) is 52.7 Å². The molecular weight excluding hydrogens is 420 g/mol. The minimum absolute atomic E-state index is 0.0163. The van der Waals surface area contributed by atoms with Crippen molar-refractivity contribution in [1.29, 1.82) is 0 Å². The fraction of sp³-hybridized carbons (Fsp3) is 0.808. The molecule has 0 spiro atoms. The van der Waals surface area contributed by atoms with Crippen molar-refractivity contribution in [2.24, 2.45) is 29.6 Å². The molecule has 0 aromatic carbocycles. The van der Waals surface area contributed by atoms with E-state index in [1.807, 2.05) is 32.9 Å². The number of ether oxygens (including phenoxy) is 1. The van der Waals surface area contributed by atoms with Crippen LogP contribution in [0, 0.1) is 29.6 Å². The van der Waals surface area contributed by atoms with Crippen molar-refractivity contribution in [2.45, 2.75) is 91.8 Å². The quantitative estimate of drug-likeness (QED) is 0.341. The number of carbonyl (C=O) groups excluding carboxylic acids is 3. The van der Waals surface area contributed by atoms with Crippen LogP contribution < -0.4 is 5.32 Å². The molecule has 7 atom stereocenters. The molecule has 1 unspecified atom stereocenters. The SMILES string of the molecule is CCCC(C)NC(=O)[C@@H]1[C@H]2C=C[C@@H](CCC)[C@@H](C(=O)OCC)[C@@H]2C(=O)N1[C@@H](CO)CC(C)C. The molecule has 7 heteroatoms. The first kappa shape index (κ1) is 27.4. The summed E-state index contributed by atoms with van der Waals surface area (Å²) in [5.41, 5.74) is 0. The third-order valence-corrected chi connectivity index (χ3v) is 6.95. The van der Waals surface area contributed by atoms with Gasteiger partial charge >= 0.3 is 5.97 Å². The number of aliphatic hydroxyl groups is 1.